The maximum atomic E-state index is 6.57. The van der Waals surface area contributed by atoms with Crippen molar-refractivity contribution in [3.05, 3.63) is 34.9 Å². The molecule has 1 aromatic carbocycles. The lowest BCUT2D eigenvalue weighted by Gasteiger charge is -2.24. The van der Waals surface area contributed by atoms with E-state index in [1.165, 1.54) is 5.56 Å². The molecule has 1 aliphatic rings. The van der Waals surface area contributed by atoms with Gasteiger partial charge in [0.2, 0.25) is 5.88 Å². The second kappa shape index (κ2) is 5.35. The fraction of sp³-hybridized carbons (Fsp3) is 0.400. The summed E-state index contributed by atoms with van der Waals surface area (Å²) in [7, 11) is 1.62. The van der Waals surface area contributed by atoms with Gasteiger partial charge in [0.1, 0.15) is 0 Å². The van der Waals surface area contributed by atoms with E-state index < -0.39 is 0 Å². The summed E-state index contributed by atoms with van der Waals surface area (Å²) < 4.78 is 5.15. The van der Waals surface area contributed by atoms with Gasteiger partial charge in [0.25, 0.3) is 0 Å². The molecule has 0 amide bonds. The molecule has 1 fully saturated rings. The molecule has 1 aliphatic heterocycles. The Morgan fingerprint density at radius 2 is 2.00 bits per heavy atom. The molecule has 0 spiro atoms. The molecular weight excluding hydrogens is 260 g/mol. The number of benzene rings is 1. The van der Waals surface area contributed by atoms with E-state index in [0.717, 1.165) is 41.9 Å². The van der Waals surface area contributed by atoms with E-state index in [-0.39, 0.29) is 0 Å². The number of methoxy groups -OCH3 is 1. The third kappa shape index (κ3) is 2.40. The number of ether oxygens (including phenoxy) is 1. The maximum absolute atomic E-state index is 6.57. The van der Waals surface area contributed by atoms with Gasteiger partial charge in [-0.15, -0.1) is 0 Å². The van der Waals surface area contributed by atoms with Crippen molar-refractivity contribution < 1.29 is 4.74 Å². The van der Waals surface area contributed by atoms with E-state index >= 15 is 0 Å². The average molecular weight is 277 g/mol. The fourth-order valence-electron chi connectivity index (χ4n) is 2.73. The topological polar surface area (TPSA) is 34.1 Å². The van der Waals surface area contributed by atoms with E-state index in [0.29, 0.717) is 11.8 Å². The van der Waals surface area contributed by atoms with Crippen LogP contribution in [0.4, 0.5) is 0 Å². The van der Waals surface area contributed by atoms with Gasteiger partial charge in [0, 0.05) is 11.5 Å². The number of nitrogens with zero attached hydrogens (tertiary/aromatic N) is 1. The van der Waals surface area contributed by atoms with Gasteiger partial charge >= 0.3 is 0 Å². The van der Waals surface area contributed by atoms with Gasteiger partial charge in [0.15, 0.2) is 0 Å². The number of pyridine rings is 1. The molecule has 2 aromatic rings. The summed E-state index contributed by atoms with van der Waals surface area (Å²) in [5.41, 5.74) is 2.14. The van der Waals surface area contributed by atoms with Crippen molar-refractivity contribution in [2.45, 2.75) is 18.8 Å². The molecule has 0 saturated carbocycles. The van der Waals surface area contributed by atoms with Crippen LogP contribution in [0.25, 0.3) is 10.9 Å². The highest BCUT2D eigenvalue weighted by molar-refractivity contribution is 6.36. The number of aromatic nitrogens is 1. The molecule has 2 heterocycles. The number of nitrogens with one attached hydrogen (secondary N) is 1. The number of hydrogen-bond acceptors (Lipinski definition) is 3. The maximum Gasteiger partial charge on any atom is 0.213 e. The van der Waals surface area contributed by atoms with Crippen LogP contribution in [0.3, 0.4) is 0 Å². The lowest BCUT2D eigenvalue weighted by atomic mass is 9.89. The van der Waals surface area contributed by atoms with Crippen molar-refractivity contribution in [1.29, 1.82) is 0 Å². The molecule has 100 valence electrons. The first-order valence-electron chi connectivity index (χ1n) is 6.63. The molecule has 4 heteroatoms. The highest BCUT2D eigenvalue weighted by atomic mass is 35.5. The van der Waals surface area contributed by atoms with Crippen molar-refractivity contribution in [1.82, 2.24) is 10.3 Å². The predicted molar refractivity (Wildman–Crippen MR) is 78.1 cm³/mol. The molecule has 0 bridgehead atoms. The third-order valence-electron chi connectivity index (χ3n) is 3.80. The average Bonchev–Trinajstić information content (AvgIpc) is 2.48. The molecule has 0 radical (unpaired) electrons. The summed E-state index contributed by atoms with van der Waals surface area (Å²) in [6.07, 6.45) is 2.30. The predicted octanol–water partition coefficient (Wildman–Crippen LogP) is 3.36. The van der Waals surface area contributed by atoms with E-state index in [4.69, 9.17) is 16.3 Å². The minimum absolute atomic E-state index is 0.556. The molecule has 1 saturated heterocycles. The highest BCUT2D eigenvalue weighted by Gasteiger charge is 2.19. The fourth-order valence-corrected chi connectivity index (χ4v) is 3.11. The van der Waals surface area contributed by atoms with E-state index in [2.05, 4.69) is 16.4 Å². The number of halogens is 1. The lowest BCUT2D eigenvalue weighted by molar-refractivity contribution is 0.399. The van der Waals surface area contributed by atoms with Crippen molar-refractivity contribution in [2.24, 2.45) is 0 Å². The first kappa shape index (κ1) is 12.7. The van der Waals surface area contributed by atoms with Gasteiger partial charge in [-0.3, -0.25) is 0 Å². The van der Waals surface area contributed by atoms with E-state index in [1.54, 1.807) is 7.11 Å². The lowest BCUT2D eigenvalue weighted by Crippen LogP contribution is -2.26. The second-order valence-electron chi connectivity index (χ2n) is 4.91. The normalized spacial score (nSPS) is 16.7. The smallest absolute Gasteiger partial charge is 0.213 e. The van der Waals surface area contributed by atoms with Crippen LogP contribution < -0.4 is 10.1 Å². The van der Waals surface area contributed by atoms with Gasteiger partial charge in [0.05, 0.1) is 17.6 Å². The van der Waals surface area contributed by atoms with Crippen LogP contribution in [-0.4, -0.2) is 25.2 Å². The molecule has 0 unspecified atom stereocenters. The summed E-state index contributed by atoms with van der Waals surface area (Å²) >= 11 is 6.57. The molecule has 1 N–H and O–H groups in total. The number of fused-ring (bicyclic) bond motifs is 1. The van der Waals surface area contributed by atoms with Crippen LogP contribution in [0.1, 0.15) is 24.3 Å². The SMILES string of the molecule is COc1ccc2c(Cl)c(C3CCNCC3)ccc2n1. The van der Waals surface area contributed by atoms with Crippen molar-refractivity contribution in [3.63, 3.8) is 0 Å². The number of hydrogen-bond donors (Lipinski definition) is 1. The number of rotatable bonds is 2. The Labute approximate surface area is 117 Å². The van der Waals surface area contributed by atoms with Crippen molar-refractivity contribution in [2.75, 3.05) is 20.2 Å². The quantitative estimate of drug-likeness (QED) is 0.913. The third-order valence-corrected chi connectivity index (χ3v) is 4.22. The summed E-state index contributed by atoms with van der Waals surface area (Å²) in [6.45, 7) is 2.14. The van der Waals surface area contributed by atoms with Crippen molar-refractivity contribution in [3.8, 4) is 5.88 Å². The monoisotopic (exact) mass is 276 g/mol. The van der Waals surface area contributed by atoms with Gasteiger partial charge in [-0.1, -0.05) is 17.7 Å². The largest absolute Gasteiger partial charge is 0.481 e. The summed E-state index contributed by atoms with van der Waals surface area (Å²) in [4.78, 5) is 4.42. The zero-order chi connectivity index (χ0) is 13.2. The molecule has 0 atom stereocenters. The summed E-state index contributed by atoms with van der Waals surface area (Å²) in [5.74, 6) is 1.18. The Kier molecular flexibility index (Phi) is 3.58. The standard InChI is InChI=1S/C15H17ClN2O/c1-19-14-5-3-12-13(18-14)4-2-11(15(12)16)10-6-8-17-9-7-10/h2-5,10,17H,6-9H2,1H3. The molecule has 19 heavy (non-hydrogen) atoms. The van der Waals surface area contributed by atoms with Crippen LogP contribution in [-0.2, 0) is 0 Å². The number of piperidine rings is 1. The zero-order valence-electron chi connectivity index (χ0n) is 10.9. The van der Waals surface area contributed by atoms with Gasteiger partial charge in [-0.2, -0.15) is 0 Å². The summed E-state index contributed by atoms with van der Waals surface area (Å²) in [6, 6.07) is 8.02. The Morgan fingerprint density at radius 3 is 2.74 bits per heavy atom. The Balaban J connectivity index is 2.05. The van der Waals surface area contributed by atoms with E-state index in [9.17, 15) is 0 Å². The van der Waals surface area contributed by atoms with Gasteiger partial charge in [-0.25, -0.2) is 4.98 Å². The molecule has 0 aliphatic carbocycles. The highest BCUT2D eigenvalue weighted by Crippen LogP contribution is 2.35. The Morgan fingerprint density at radius 1 is 1.21 bits per heavy atom. The van der Waals surface area contributed by atoms with Gasteiger partial charge < -0.3 is 10.1 Å². The van der Waals surface area contributed by atoms with Crippen LogP contribution in [0.15, 0.2) is 24.3 Å². The minimum Gasteiger partial charge on any atom is -0.481 e. The second-order valence-corrected chi connectivity index (χ2v) is 5.29. The van der Waals surface area contributed by atoms with E-state index in [1.807, 2.05) is 18.2 Å². The van der Waals surface area contributed by atoms with Crippen LogP contribution in [0.2, 0.25) is 5.02 Å². The Bertz CT molecular complexity index is 594. The first-order chi connectivity index (χ1) is 9.29. The Hall–Kier alpha value is -1.32. The van der Waals surface area contributed by atoms with Gasteiger partial charge in [-0.05, 0) is 49.5 Å². The first-order valence-corrected chi connectivity index (χ1v) is 7.01. The van der Waals surface area contributed by atoms with Crippen LogP contribution >= 0.6 is 11.6 Å². The minimum atomic E-state index is 0.556. The molecule has 1 aromatic heterocycles. The van der Waals surface area contributed by atoms with Crippen LogP contribution in [0.5, 0.6) is 5.88 Å². The zero-order valence-corrected chi connectivity index (χ0v) is 11.7. The molecule has 3 nitrogen and oxygen atoms in total. The summed E-state index contributed by atoms with van der Waals surface area (Å²) in [5, 5.41) is 5.24. The van der Waals surface area contributed by atoms with Crippen molar-refractivity contribution >= 4 is 22.5 Å². The molecule has 3 rings (SSSR count). The van der Waals surface area contributed by atoms with Crippen LogP contribution in [0, 0.1) is 0 Å². The molecular formula is C15H17ClN2O.